The molecule has 0 amide bonds. The van der Waals surface area contributed by atoms with Crippen molar-refractivity contribution in [3.63, 3.8) is 0 Å². The van der Waals surface area contributed by atoms with Crippen LogP contribution in [-0.2, 0) is 0 Å². The van der Waals surface area contributed by atoms with E-state index in [1.165, 1.54) is 41.5 Å². The molecule has 24 heavy (non-hydrogen) atoms. The standard InChI is InChI=1S/C23H31N/c1-16(2)18-8-12-20(13-9-18)22-6-5-7-23(24-22)21-14-10-19(11-15-21)17(3)4/h8-17,22-24H,5-7H2,1-4H3. The molecule has 1 aliphatic rings. The van der Waals surface area contributed by atoms with E-state index >= 15 is 0 Å². The van der Waals surface area contributed by atoms with E-state index in [9.17, 15) is 0 Å². The van der Waals surface area contributed by atoms with Crippen LogP contribution in [0.3, 0.4) is 0 Å². The minimum atomic E-state index is 0.481. The first-order valence-corrected chi connectivity index (χ1v) is 9.50. The van der Waals surface area contributed by atoms with E-state index in [1.54, 1.807) is 0 Å². The summed E-state index contributed by atoms with van der Waals surface area (Å²) in [5, 5.41) is 3.88. The lowest BCUT2D eigenvalue weighted by molar-refractivity contribution is 0.330. The molecule has 1 fully saturated rings. The van der Waals surface area contributed by atoms with Crippen LogP contribution >= 0.6 is 0 Å². The summed E-state index contributed by atoms with van der Waals surface area (Å²) < 4.78 is 0. The fraction of sp³-hybridized carbons (Fsp3) is 0.478. The van der Waals surface area contributed by atoms with Gasteiger partial charge >= 0.3 is 0 Å². The van der Waals surface area contributed by atoms with Crippen molar-refractivity contribution < 1.29 is 0 Å². The van der Waals surface area contributed by atoms with Crippen LogP contribution in [0.2, 0.25) is 0 Å². The summed E-state index contributed by atoms with van der Waals surface area (Å²) in [6.45, 7) is 9.02. The summed E-state index contributed by atoms with van der Waals surface area (Å²) in [4.78, 5) is 0. The van der Waals surface area contributed by atoms with Crippen molar-refractivity contribution >= 4 is 0 Å². The van der Waals surface area contributed by atoms with Gasteiger partial charge in [0.25, 0.3) is 0 Å². The molecule has 0 saturated carbocycles. The molecule has 1 N–H and O–H groups in total. The molecule has 0 bridgehead atoms. The minimum Gasteiger partial charge on any atom is -0.303 e. The molecule has 1 nitrogen and oxygen atoms in total. The van der Waals surface area contributed by atoms with E-state index < -0.39 is 0 Å². The lowest BCUT2D eigenvalue weighted by Crippen LogP contribution is -2.30. The van der Waals surface area contributed by atoms with Crippen LogP contribution in [0.1, 0.15) is 93.1 Å². The fourth-order valence-corrected chi connectivity index (χ4v) is 3.69. The minimum absolute atomic E-state index is 0.481. The molecule has 2 aromatic rings. The quantitative estimate of drug-likeness (QED) is 0.678. The van der Waals surface area contributed by atoms with Gasteiger partial charge in [-0.1, -0.05) is 76.2 Å². The van der Waals surface area contributed by atoms with Crippen LogP contribution in [0.4, 0.5) is 0 Å². The molecule has 1 aliphatic heterocycles. The predicted octanol–water partition coefficient (Wildman–Crippen LogP) is 6.49. The van der Waals surface area contributed by atoms with Crippen molar-refractivity contribution in [3.05, 3.63) is 70.8 Å². The van der Waals surface area contributed by atoms with Gasteiger partial charge in [0.2, 0.25) is 0 Å². The van der Waals surface area contributed by atoms with Gasteiger partial charge in [0.15, 0.2) is 0 Å². The van der Waals surface area contributed by atoms with Gasteiger partial charge in [-0.15, -0.1) is 0 Å². The molecule has 0 aliphatic carbocycles. The highest BCUT2D eigenvalue weighted by Crippen LogP contribution is 2.33. The maximum absolute atomic E-state index is 3.88. The molecule has 0 radical (unpaired) electrons. The average molecular weight is 322 g/mol. The molecule has 2 atom stereocenters. The van der Waals surface area contributed by atoms with Gasteiger partial charge in [-0.05, 0) is 53.4 Å². The Balaban J connectivity index is 1.71. The van der Waals surface area contributed by atoms with E-state index in [-0.39, 0.29) is 0 Å². The normalized spacial score (nSPS) is 21.4. The summed E-state index contributed by atoms with van der Waals surface area (Å²) >= 11 is 0. The van der Waals surface area contributed by atoms with Gasteiger partial charge in [-0.3, -0.25) is 0 Å². The van der Waals surface area contributed by atoms with Gasteiger partial charge in [0.05, 0.1) is 0 Å². The van der Waals surface area contributed by atoms with Gasteiger partial charge < -0.3 is 5.32 Å². The van der Waals surface area contributed by atoms with Crippen molar-refractivity contribution in [2.45, 2.75) is 70.9 Å². The SMILES string of the molecule is CC(C)c1ccc(C2CCCC(c3ccc(C(C)C)cc3)N2)cc1. The van der Waals surface area contributed by atoms with Crippen LogP contribution in [0.25, 0.3) is 0 Å². The number of benzene rings is 2. The smallest absolute Gasteiger partial charge is 0.0325 e. The van der Waals surface area contributed by atoms with E-state index in [0.29, 0.717) is 23.9 Å². The molecular formula is C23H31N. The molecule has 0 aromatic heterocycles. The highest BCUT2D eigenvalue weighted by Gasteiger charge is 2.23. The Morgan fingerprint density at radius 1 is 0.667 bits per heavy atom. The van der Waals surface area contributed by atoms with Crippen molar-refractivity contribution in [1.29, 1.82) is 0 Å². The van der Waals surface area contributed by atoms with Crippen molar-refractivity contribution in [3.8, 4) is 0 Å². The number of piperidine rings is 1. The third-order valence-corrected chi connectivity index (χ3v) is 5.40. The second kappa shape index (κ2) is 7.53. The van der Waals surface area contributed by atoms with Crippen LogP contribution in [-0.4, -0.2) is 0 Å². The highest BCUT2D eigenvalue weighted by molar-refractivity contribution is 5.30. The highest BCUT2D eigenvalue weighted by atomic mass is 15.0. The Hall–Kier alpha value is -1.60. The average Bonchev–Trinajstić information content (AvgIpc) is 2.62. The molecule has 128 valence electrons. The number of rotatable bonds is 4. The van der Waals surface area contributed by atoms with E-state index in [4.69, 9.17) is 0 Å². The first-order chi connectivity index (χ1) is 11.5. The molecule has 2 aromatic carbocycles. The topological polar surface area (TPSA) is 12.0 Å². The Labute approximate surface area is 147 Å². The first kappa shape index (κ1) is 17.2. The summed E-state index contributed by atoms with van der Waals surface area (Å²) in [6.07, 6.45) is 3.77. The summed E-state index contributed by atoms with van der Waals surface area (Å²) in [5.74, 6) is 1.20. The molecule has 1 heterocycles. The first-order valence-electron chi connectivity index (χ1n) is 9.50. The zero-order valence-electron chi connectivity index (χ0n) is 15.5. The van der Waals surface area contributed by atoms with Crippen LogP contribution in [0, 0.1) is 0 Å². The Kier molecular flexibility index (Phi) is 5.40. The number of nitrogens with one attached hydrogen (secondary N) is 1. The van der Waals surface area contributed by atoms with Crippen LogP contribution in [0.5, 0.6) is 0 Å². The third-order valence-electron chi connectivity index (χ3n) is 5.40. The Morgan fingerprint density at radius 3 is 1.38 bits per heavy atom. The van der Waals surface area contributed by atoms with E-state index in [2.05, 4.69) is 81.5 Å². The van der Waals surface area contributed by atoms with Crippen molar-refractivity contribution in [1.82, 2.24) is 5.32 Å². The van der Waals surface area contributed by atoms with Crippen molar-refractivity contribution in [2.24, 2.45) is 0 Å². The Morgan fingerprint density at radius 2 is 1.04 bits per heavy atom. The molecule has 1 heteroatoms. The fourth-order valence-electron chi connectivity index (χ4n) is 3.69. The predicted molar refractivity (Wildman–Crippen MR) is 104 cm³/mol. The maximum atomic E-state index is 3.88. The van der Waals surface area contributed by atoms with Crippen LogP contribution < -0.4 is 5.32 Å². The summed E-state index contributed by atoms with van der Waals surface area (Å²) in [7, 11) is 0. The van der Waals surface area contributed by atoms with Crippen LogP contribution in [0.15, 0.2) is 48.5 Å². The zero-order chi connectivity index (χ0) is 17.1. The molecule has 1 saturated heterocycles. The third kappa shape index (κ3) is 3.89. The maximum Gasteiger partial charge on any atom is 0.0325 e. The molecule has 3 rings (SSSR count). The Bertz CT molecular complexity index is 579. The monoisotopic (exact) mass is 321 g/mol. The lowest BCUT2D eigenvalue weighted by Gasteiger charge is -2.32. The second-order valence-corrected chi connectivity index (χ2v) is 7.85. The number of hydrogen-bond acceptors (Lipinski definition) is 1. The molecule has 0 spiro atoms. The van der Waals surface area contributed by atoms with Gasteiger partial charge in [-0.2, -0.15) is 0 Å². The van der Waals surface area contributed by atoms with E-state index in [0.717, 1.165) is 0 Å². The molecule has 2 unspecified atom stereocenters. The van der Waals surface area contributed by atoms with Gasteiger partial charge in [0.1, 0.15) is 0 Å². The second-order valence-electron chi connectivity index (χ2n) is 7.85. The largest absolute Gasteiger partial charge is 0.303 e. The summed E-state index contributed by atoms with van der Waals surface area (Å²) in [6, 6.07) is 19.4. The van der Waals surface area contributed by atoms with Crippen molar-refractivity contribution in [2.75, 3.05) is 0 Å². The van der Waals surface area contributed by atoms with E-state index in [1.807, 2.05) is 0 Å². The zero-order valence-corrected chi connectivity index (χ0v) is 15.5. The number of hydrogen-bond donors (Lipinski definition) is 1. The lowest BCUT2D eigenvalue weighted by atomic mass is 9.88. The van der Waals surface area contributed by atoms with Gasteiger partial charge in [-0.25, -0.2) is 0 Å². The summed E-state index contributed by atoms with van der Waals surface area (Å²) in [5.41, 5.74) is 5.72. The molecular weight excluding hydrogens is 290 g/mol. The van der Waals surface area contributed by atoms with Gasteiger partial charge in [0, 0.05) is 12.1 Å².